The van der Waals surface area contributed by atoms with Crippen LogP contribution in [0.2, 0.25) is 0 Å². The van der Waals surface area contributed by atoms with Crippen LogP contribution in [0.4, 0.5) is 0 Å². The van der Waals surface area contributed by atoms with Gasteiger partial charge in [-0.1, -0.05) is 0 Å². The van der Waals surface area contributed by atoms with E-state index in [0.29, 0.717) is 18.6 Å². The van der Waals surface area contributed by atoms with E-state index in [-0.39, 0.29) is 0 Å². The second kappa shape index (κ2) is 4.97. The number of rotatable bonds is 4. The molecule has 16 heavy (non-hydrogen) atoms. The summed E-state index contributed by atoms with van der Waals surface area (Å²) in [7, 11) is 0. The molecule has 0 spiro atoms. The van der Waals surface area contributed by atoms with E-state index in [2.05, 4.69) is 29.9 Å². The minimum atomic E-state index is 0.316. The lowest BCUT2D eigenvalue weighted by atomic mass is 10.1. The van der Waals surface area contributed by atoms with Gasteiger partial charge in [-0.05, 0) is 38.8 Å². The number of hydrogen-bond acceptors (Lipinski definition) is 3. The lowest BCUT2D eigenvalue weighted by Gasteiger charge is -2.13. The van der Waals surface area contributed by atoms with E-state index in [4.69, 9.17) is 5.11 Å². The second-order valence-electron chi connectivity index (χ2n) is 4.95. The molecule has 1 aliphatic rings. The summed E-state index contributed by atoms with van der Waals surface area (Å²) in [5.74, 6) is 0.465. The summed E-state index contributed by atoms with van der Waals surface area (Å²) in [6, 6.07) is 2.52. The normalized spacial score (nSPS) is 22.1. The van der Waals surface area contributed by atoms with E-state index in [1.165, 1.54) is 0 Å². The van der Waals surface area contributed by atoms with Gasteiger partial charge in [-0.15, -0.1) is 0 Å². The summed E-state index contributed by atoms with van der Waals surface area (Å²) in [5, 5.41) is 13.6. The number of hydrogen-bond donors (Lipinski definition) is 1. The van der Waals surface area contributed by atoms with Gasteiger partial charge in [0.2, 0.25) is 0 Å². The zero-order valence-electron chi connectivity index (χ0n) is 10.1. The number of aliphatic hydroxyl groups is 1. The molecule has 0 aromatic carbocycles. The maximum Gasteiger partial charge on any atom is 0.0764 e. The SMILES string of the molecule is CC(C)n1ccc(CN2CCC(CO)C2)n1. The van der Waals surface area contributed by atoms with E-state index in [9.17, 15) is 0 Å². The highest BCUT2D eigenvalue weighted by Gasteiger charge is 2.22. The number of aromatic nitrogens is 2. The Labute approximate surface area is 96.9 Å². The molecule has 0 amide bonds. The largest absolute Gasteiger partial charge is 0.396 e. The first kappa shape index (κ1) is 11.6. The fourth-order valence-corrected chi connectivity index (χ4v) is 2.18. The minimum absolute atomic E-state index is 0.316. The molecule has 2 rings (SSSR count). The summed E-state index contributed by atoms with van der Waals surface area (Å²) in [5.41, 5.74) is 1.13. The van der Waals surface area contributed by atoms with Gasteiger partial charge in [-0.25, -0.2) is 0 Å². The molecular weight excluding hydrogens is 202 g/mol. The predicted molar refractivity (Wildman–Crippen MR) is 63.1 cm³/mol. The van der Waals surface area contributed by atoms with Gasteiger partial charge in [0.05, 0.1) is 5.69 Å². The summed E-state index contributed by atoms with van der Waals surface area (Å²) in [4.78, 5) is 2.37. The van der Waals surface area contributed by atoms with E-state index in [0.717, 1.165) is 31.7 Å². The van der Waals surface area contributed by atoms with Gasteiger partial charge < -0.3 is 5.11 Å². The summed E-state index contributed by atoms with van der Waals surface area (Å²) in [6.07, 6.45) is 3.15. The Morgan fingerprint density at radius 3 is 2.94 bits per heavy atom. The van der Waals surface area contributed by atoms with E-state index < -0.39 is 0 Å². The van der Waals surface area contributed by atoms with Crippen LogP contribution in [0.3, 0.4) is 0 Å². The highest BCUT2D eigenvalue weighted by molar-refractivity contribution is 5.00. The van der Waals surface area contributed by atoms with Gasteiger partial charge in [-0.2, -0.15) is 5.10 Å². The third kappa shape index (κ3) is 2.62. The molecule has 0 bridgehead atoms. The lowest BCUT2D eigenvalue weighted by Crippen LogP contribution is -2.21. The van der Waals surface area contributed by atoms with Gasteiger partial charge in [-0.3, -0.25) is 9.58 Å². The van der Waals surface area contributed by atoms with Crippen LogP contribution in [0.5, 0.6) is 0 Å². The van der Waals surface area contributed by atoms with Gasteiger partial charge in [0.15, 0.2) is 0 Å². The molecule has 90 valence electrons. The Morgan fingerprint density at radius 2 is 2.38 bits per heavy atom. The quantitative estimate of drug-likeness (QED) is 0.836. The van der Waals surface area contributed by atoms with Crippen molar-refractivity contribution >= 4 is 0 Å². The maximum absolute atomic E-state index is 9.08. The monoisotopic (exact) mass is 223 g/mol. The maximum atomic E-state index is 9.08. The van der Waals surface area contributed by atoms with Crippen molar-refractivity contribution in [3.05, 3.63) is 18.0 Å². The molecule has 1 fully saturated rings. The zero-order chi connectivity index (χ0) is 11.5. The van der Waals surface area contributed by atoms with Crippen LogP contribution in [0.1, 0.15) is 32.0 Å². The smallest absolute Gasteiger partial charge is 0.0764 e. The first-order chi connectivity index (χ1) is 7.69. The number of nitrogens with zero attached hydrogens (tertiary/aromatic N) is 3. The molecule has 1 saturated heterocycles. The van der Waals surface area contributed by atoms with Gasteiger partial charge in [0, 0.05) is 31.9 Å². The predicted octanol–water partition coefficient (Wildman–Crippen LogP) is 1.28. The standard InChI is InChI=1S/C12H21N3O/c1-10(2)15-6-4-12(13-15)8-14-5-3-11(7-14)9-16/h4,6,10-11,16H,3,5,7-9H2,1-2H3. The van der Waals surface area contributed by atoms with E-state index in [1.54, 1.807) is 0 Å². The fraction of sp³-hybridized carbons (Fsp3) is 0.750. The molecule has 1 aromatic rings. The zero-order valence-corrected chi connectivity index (χ0v) is 10.1. The summed E-state index contributed by atoms with van der Waals surface area (Å²) < 4.78 is 1.99. The highest BCUT2D eigenvalue weighted by Crippen LogP contribution is 2.17. The van der Waals surface area contributed by atoms with Crippen molar-refractivity contribution in [1.29, 1.82) is 0 Å². The van der Waals surface area contributed by atoms with Crippen molar-refractivity contribution in [1.82, 2.24) is 14.7 Å². The van der Waals surface area contributed by atoms with Crippen molar-refractivity contribution in [2.45, 2.75) is 32.9 Å². The summed E-state index contributed by atoms with van der Waals surface area (Å²) >= 11 is 0. The topological polar surface area (TPSA) is 41.3 Å². The molecule has 0 radical (unpaired) electrons. The Bertz CT molecular complexity index is 335. The molecule has 4 nitrogen and oxygen atoms in total. The van der Waals surface area contributed by atoms with Crippen molar-refractivity contribution < 1.29 is 5.11 Å². The van der Waals surface area contributed by atoms with Gasteiger partial charge in [0.1, 0.15) is 0 Å². The average molecular weight is 223 g/mol. The third-order valence-electron chi connectivity index (χ3n) is 3.21. The van der Waals surface area contributed by atoms with Gasteiger partial charge >= 0.3 is 0 Å². The molecule has 1 atom stereocenters. The van der Waals surface area contributed by atoms with Crippen LogP contribution in [-0.2, 0) is 6.54 Å². The Kier molecular flexibility index (Phi) is 3.61. The lowest BCUT2D eigenvalue weighted by molar-refractivity contribution is 0.219. The van der Waals surface area contributed by atoms with Crippen molar-refractivity contribution in [2.75, 3.05) is 19.7 Å². The van der Waals surface area contributed by atoms with E-state index >= 15 is 0 Å². The molecule has 0 aliphatic carbocycles. The average Bonchev–Trinajstić information content (AvgIpc) is 2.87. The van der Waals surface area contributed by atoms with Gasteiger partial charge in [0.25, 0.3) is 0 Å². The molecule has 1 unspecified atom stereocenters. The van der Waals surface area contributed by atoms with Crippen LogP contribution in [0.15, 0.2) is 12.3 Å². The first-order valence-corrected chi connectivity index (χ1v) is 6.06. The number of likely N-dealkylation sites (tertiary alicyclic amines) is 1. The van der Waals surface area contributed by atoms with Crippen LogP contribution < -0.4 is 0 Å². The molecule has 1 aromatic heterocycles. The molecule has 1 N–H and O–H groups in total. The molecule has 4 heteroatoms. The molecular formula is C12H21N3O. The molecule has 2 heterocycles. The minimum Gasteiger partial charge on any atom is -0.396 e. The highest BCUT2D eigenvalue weighted by atomic mass is 16.3. The van der Waals surface area contributed by atoms with Crippen LogP contribution in [0.25, 0.3) is 0 Å². The van der Waals surface area contributed by atoms with Crippen LogP contribution in [-0.4, -0.2) is 39.5 Å². The van der Waals surface area contributed by atoms with Crippen LogP contribution in [0, 0.1) is 5.92 Å². The first-order valence-electron chi connectivity index (χ1n) is 6.06. The van der Waals surface area contributed by atoms with E-state index in [1.807, 2.05) is 10.9 Å². The molecule has 1 aliphatic heterocycles. The van der Waals surface area contributed by atoms with Crippen molar-refractivity contribution in [3.63, 3.8) is 0 Å². The van der Waals surface area contributed by atoms with Crippen molar-refractivity contribution in [2.24, 2.45) is 5.92 Å². The van der Waals surface area contributed by atoms with Crippen molar-refractivity contribution in [3.8, 4) is 0 Å². The summed E-state index contributed by atoms with van der Waals surface area (Å²) in [6.45, 7) is 7.58. The third-order valence-corrected chi connectivity index (χ3v) is 3.21. The molecule has 0 saturated carbocycles. The second-order valence-corrected chi connectivity index (χ2v) is 4.95. The Morgan fingerprint density at radius 1 is 1.56 bits per heavy atom. The number of aliphatic hydroxyl groups excluding tert-OH is 1. The Balaban J connectivity index is 1.89. The van der Waals surface area contributed by atoms with Crippen LogP contribution >= 0.6 is 0 Å². The Hall–Kier alpha value is -0.870. The fourth-order valence-electron chi connectivity index (χ4n) is 2.18.